The van der Waals surface area contributed by atoms with E-state index in [2.05, 4.69) is 11.9 Å². The average molecular weight is 367 g/mol. The molecule has 0 bridgehead atoms. The fourth-order valence-electron chi connectivity index (χ4n) is 2.97. The molecule has 0 aromatic carbocycles. The van der Waals surface area contributed by atoms with Crippen LogP contribution in [-0.4, -0.2) is 31.6 Å². The summed E-state index contributed by atoms with van der Waals surface area (Å²) in [6.07, 6.45) is 22.2. The summed E-state index contributed by atoms with van der Waals surface area (Å²) in [7, 11) is -1.35. The van der Waals surface area contributed by atoms with Gasteiger partial charge in [-0.15, -0.1) is 0 Å². The molecule has 1 heterocycles. The van der Waals surface area contributed by atoms with Gasteiger partial charge in [0, 0.05) is 0 Å². The molecular weight excluding hydrogens is 329 g/mol. The van der Waals surface area contributed by atoms with Crippen molar-refractivity contribution >= 4 is 13.4 Å². The number of nitrogens with zero attached hydrogens (tertiary/aromatic N) is 1. The van der Waals surface area contributed by atoms with E-state index in [1.807, 2.05) is 6.08 Å². The van der Waals surface area contributed by atoms with Crippen LogP contribution in [-0.2, 0) is 14.0 Å². The Bertz CT molecular complexity index is 377. The lowest BCUT2D eigenvalue weighted by Gasteiger charge is -2.06. The van der Waals surface area contributed by atoms with E-state index in [1.165, 1.54) is 83.3 Å². The molecule has 5 nitrogen and oxygen atoms in total. The second-order valence-corrected chi connectivity index (χ2v) is 6.96. The van der Waals surface area contributed by atoms with Gasteiger partial charge in [0.15, 0.2) is 0 Å². The number of allylic oxidation sites excluding steroid dienone is 1. The normalized spacial score (nSPS) is 13.7. The summed E-state index contributed by atoms with van der Waals surface area (Å²) in [5.74, 6) is 0. The van der Waals surface area contributed by atoms with Gasteiger partial charge in [-0.1, -0.05) is 90.0 Å². The van der Waals surface area contributed by atoms with Crippen molar-refractivity contribution in [3.05, 3.63) is 12.3 Å². The smallest absolute Gasteiger partial charge is 0.508 e. The highest BCUT2D eigenvalue weighted by atomic mass is 16.8. The molecule has 0 aromatic rings. The number of hydrogen-bond acceptors (Lipinski definition) is 5. The van der Waals surface area contributed by atoms with Crippen molar-refractivity contribution in [2.24, 2.45) is 4.99 Å². The Labute approximate surface area is 160 Å². The van der Waals surface area contributed by atoms with Gasteiger partial charge in [-0.25, -0.2) is 4.99 Å². The summed E-state index contributed by atoms with van der Waals surface area (Å²) < 4.78 is 15.0. The van der Waals surface area contributed by atoms with Crippen LogP contribution in [0, 0.1) is 0 Å². The third-order valence-electron chi connectivity index (χ3n) is 4.52. The molecule has 0 aliphatic carbocycles. The van der Waals surface area contributed by atoms with Gasteiger partial charge in [0.2, 0.25) is 0 Å². The van der Waals surface area contributed by atoms with E-state index in [0.29, 0.717) is 13.2 Å². The first-order valence-electron chi connectivity index (χ1n) is 10.7. The molecule has 0 fully saturated rings. The molecule has 26 heavy (non-hydrogen) atoms. The zero-order valence-electron chi connectivity index (χ0n) is 16.7. The van der Waals surface area contributed by atoms with E-state index in [4.69, 9.17) is 14.0 Å². The molecule has 1 aliphatic rings. The summed E-state index contributed by atoms with van der Waals surface area (Å²) >= 11 is 0. The number of aliphatic imine (C=N–C) groups is 1. The lowest BCUT2D eigenvalue weighted by molar-refractivity contribution is 0.204. The van der Waals surface area contributed by atoms with Crippen LogP contribution < -0.4 is 0 Å². The van der Waals surface area contributed by atoms with E-state index in [9.17, 15) is 5.02 Å². The molecule has 0 saturated carbocycles. The zero-order chi connectivity index (χ0) is 18.7. The minimum atomic E-state index is -1.35. The quantitative estimate of drug-likeness (QED) is 0.213. The van der Waals surface area contributed by atoms with E-state index in [-0.39, 0.29) is 6.08 Å². The number of rotatable bonds is 17. The monoisotopic (exact) mass is 367 g/mol. The van der Waals surface area contributed by atoms with Crippen molar-refractivity contribution in [3.8, 4) is 0 Å². The van der Waals surface area contributed by atoms with Crippen LogP contribution in [0.3, 0.4) is 0 Å². The van der Waals surface area contributed by atoms with Crippen molar-refractivity contribution in [1.82, 2.24) is 0 Å². The summed E-state index contributed by atoms with van der Waals surface area (Å²) in [6.45, 7) is 3.33. The summed E-state index contributed by atoms with van der Waals surface area (Å²) in [6, 6.07) is 0. The Morgan fingerprint density at radius 2 is 1.54 bits per heavy atom. The van der Waals surface area contributed by atoms with E-state index >= 15 is 0 Å². The number of hydrogen-bond donors (Lipinski definition) is 1. The van der Waals surface area contributed by atoms with E-state index in [1.54, 1.807) is 0 Å². The highest BCUT2D eigenvalue weighted by Crippen LogP contribution is 2.13. The lowest BCUT2D eigenvalue weighted by atomic mass is 10.0. The molecule has 0 atom stereocenters. The Balaban J connectivity index is 1.76. The largest absolute Gasteiger partial charge is 0.787 e. The van der Waals surface area contributed by atoms with Gasteiger partial charge in [0.25, 0.3) is 0 Å². The SMILES string of the molecule is CCCCCCCCCCCCCCCC=COB(O)OC1=NCCO1. The van der Waals surface area contributed by atoms with Crippen molar-refractivity contribution < 1.29 is 19.1 Å². The van der Waals surface area contributed by atoms with E-state index < -0.39 is 7.32 Å². The van der Waals surface area contributed by atoms with Crippen LogP contribution in [0.5, 0.6) is 0 Å². The Kier molecular flexibility index (Phi) is 15.2. The highest BCUT2D eigenvalue weighted by molar-refractivity contribution is 6.37. The van der Waals surface area contributed by atoms with Gasteiger partial charge in [0.05, 0.1) is 12.8 Å². The molecule has 0 amide bonds. The summed E-state index contributed by atoms with van der Waals surface area (Å²) in [5.41, 5.74) is 0. The lowest BCUT2D eigenvalue weighted by Crippen LogP contribution is -2.24. The molecular formula is C20H38BNO4. The van der Waals surface area contributed by atoms with Crippen molar-refractivity contribution in [2.45, 2.75) is 96.8 Å². The molecule has 1 N–H and O–H groups in total. The van der Waals surface area contributed by atoms with Crippen LogP contribution in [0.2, 0.25) is 0 Å². The van der Waals surface area contributed by atoms with Crippen LogP contribution in [0.4, 0.5) is 0 Å². The maximum atomic E-state index is 9.47. The molecule has 1 aliphatic heterocycles. The third-order valence-corrected chi connectivity index (χ3v) is 4.52. The zero-order valence-corrected chi connectivity index (χ0v) is 16.7. The number of ether oxygens (including phenoxy) is 1. The summed E-state index contributed by atoms with van der Waals surface area (Å²) in [5, 5.41) is 9.47. The molecule has 1 rings (SSSR count). The summed E-state index contributed by atoms with van der Waals surface area (Å²) in [4.78, 5) is 3.91. The first kappa shape index (κ1) is 22.9. The first-order valence-corrected chi connectivity index (χ1v) is 10.7. The predicted molar refractivity (Wildman–Crippen MR) is 108 cm³/mol. The second kappa shape index (κ2) is 17.3. The van der Waals surface area contributed by atoms with Crippen molar-refractivity contribution in [2.75, 3.05) is 13.2 Å². The Morgan fingerprint density at radius 3 is 2.08 bits per heavy atom. The predicted octanol–water partition coefficient (Wildman–Crippen LogP) is 5.38. The Hall–Kier alpha value is -1.17. The molecule has 0 unspecified atom stereocenters. The topological polar surface area (TPSA) is 60.3 Å². The van der Waals surface area contributed by atoms with E-state index in [0.717, 1.165) is 12.8 Å². The van der Waals surface area contributed by atoms with Gasteiger partial charge in [0.1, 0.15) is 6.61 Å². The first-order chi connectivity index (χ1) is 12.8. The fraction of sp³-hybridized carbons (Fsp3) is 0.850. The second-order valence-electron chi connectivity index (χ2n) is 6.96. The van der Waals surface area contributed by atoms with Crippen LogP contribution >= 0.6 is 0 Å². The fourth-order valence-corrected chi connectivity index (χ4v) is 2.97. The van der Waals surface area contributed by atoms with Gasteiger partial charge in [-0.05, 0) is 12.8 Å². The maximum absolute atomic E-state index is 9.47. The average Bonchev–Trinajstić information content (AvgIpc) is 3.14. The van der Waals surface area contributed by atoms with Crippen molar-refractivity contribution in [3.63, 3.8) is 0 Å². The minimum absolute atomic E-state index is 0.0994. The highest BCUT2D eigenvalue weighted by Gasteiger charge is 2.23. The van der Waals surface area contributed by atoms with Crippen LogP contribution in [0.25, 0.3) is 0 Å². The molecule has 0 spiro atoms. The standard InChI is InChI=1S/C20H38BNO4/c1-2-3-4-5-6-7-8-9-10-11-12-13-14-15-16-18-25-21(23)26-20-22-17-19-24-20/h16,18,23H,2-15,17,19H2,1H3. The number of unbranched alkanes of at least 4 members (excludes halogenated alkanes) is 13. The van der Waals surface area contributed by atoms with Crippen LogP contribution in [0.1, 0.15) is 96.8 Å². The van der Waals surface area contributed by atoms with Crippen molar-refractivity contribution in [1.29, 1.82) is 0 Å². The van der Waals surface area contributed by atoms with Crippen LogP contribution in [0.15, 0.2) is 17.3 Å². The minimum Gasteiger partial charge on any atom is -0.508 e. The molecule has 6 heteroatoms. The molecule has 0 saturated heterocycles. The maximum Gasteiger partial charge on any atom is 0.787 e. The van der Waals surface area contributed by atoms with Gasteiger partial charge >= 0.3 is 13.4 Å². The Morgan fingerprint density at radius 1 is 0.962 bits per heavy atom. The molecule has 150 valence electrons. The molecule has 0 radical (unpaired) electrons. The van der Waals surface area contributed by atoms with Gasteiger partial charge < -0.3 is 19.1 Å². The van der Waals surface area contributed by atoms with Gasteiger partial charge in [-0.3, -0.25) is 0 Å². The third kappa shape index (κ3) is 14.1. The van der Waals surface area contributed by atoms with Gasteiger partial charge in [-0.2, -0.15) is 0 Å². The molecule has 0 aromatic heterocycles.